The summed E-state index contributed by atoms with van der Waals surface area (Å²) in [7, 11) is 0. The van der Waals surface area contributed by atoms with E-state index in [-0.39, 0.29) is 59.8 Å². The molecule has 2 aliphatic heterocycles. The molecule has 0 bridgehead atoms. The van der Waals surface area contributed by atoms with Crippen molar-refractivity contribution in [2.75, 3.05) is 6.26 Å². The van der Waals surface area contributed by atoms with E-state index >= 15 is 0 Å². The maximum atomic E-state index is 13.6. The van der Waals surface area contributed by atoms with Crippen molar-refractivity contribution in [3.8, 4) is 0 Å². The Balaban J connectivity index is 0.00000368. The summed E-state index contributed by atoms with van der Waals surface area (Å²) in [5, 5.41) is 22.4. The first kappa shape index (κ1) is 31.2. The summed E-state index contributed by atoms with van der Waals surface area (Å²) in [5.41, 5.74) is 2.65. The Morgan fingerprint density at radius 3 is 2.51 bits per heavy atom. The third kappa shape index (κ3) is 5.47. The van der Waals surface area contributed by atoms with Gasteiger partial charge in [-0.25, -0.2) is 9.36 Å². The number of thioether (sulfide) groups is 1. The smallest absolute Gasteiger partial charge is 0.355 e. The first-order valence-electron chi connectivity index (χ1n) is 13.5. The zero-order valence-corrected chi connectivity index (χ0v) is 27.3. The van der Waals surface area contributed by atoms with Crippen molar-refractivity contribution in [2.45, 2.75) is 44.2 Å². The Hall–Kier alpha value is -3.27. The summed E-state index contributed by atoms with van der Waals surface area (Å²) in [6, 6.07) is 15.7. The van der Waals surface area contributed by atoms with Gasteiger partial charge in [-0.1, -0.05) is 60.4 Å². The molecular formula is C30H29IN4O6S2. The molecule has 2 aromatic heterocycles. The molecule has 0 radical (unpaired) electrons. The van der Waals surface area contributed by atoms with Crippen LogP contribution in [0.1, 0.15) is 29.9 Å². The first-order chi connectivity index (χ1) is 20.2. The van der Waals surface area contributed by atoms with Crippen molar-refractivity contribution in [3.05, 3.63) is 98.9 Å². The number of aromatic nitrogens is 2. The highest BCUT2D eigenvalue weighted by atomic mass is 127. The van der Waals surface area contributed by atoms with E-state index in [2.05, 4.69) is 21.1 Å². The van der Waals surface area contributed by atoms with Crippen molar-refractivity contribution in [1.82, 2.24) is 9.30 Å². The van der Waals surface area contributed by atoms with Gasteiger partial charge in [-0.2, -0.15) is 4.40 Å². The third-order valence-corrected chi connectivity index (χ3v) is 10.0. The number of benzene rings is 2. The molecule has 4 atom stereocenters. The summed E-state index contributed by atoms with van der Waals surface area (Å²) < 4.78 is 9.91. The Kier molecular flexibility index (Phi) is 8.97. The van der Waals surface area contributed by atoms with Gasteiger partial charge in [0.1, 0.15) is 25.0 Å². The number of nitrogens with zero attached hydrogens (tertiary/aromatic N) is 4. The summed E-state index contributed by atoms with van der Waals surface area (Å²) in [6.07, 6.45) is 5.22. The van der Waals surface area contributed by atoms with Crippen LogP contribution in [0.25, 0.3) is 10.4 Å². The van der Waals surface area contributed by atoms with Crippen LogP contribution in [0.2, 0.25) is 0 Å². The lowest BCUT2D eigenvalue weighted by atomic mass is 9.77. The Morgan fingerprint density at radius 1 is 1.19 bits per heavy atom. The molecule has 2 aliphatic rings. The number of imidazole rings is 1. The second-order valence-corrected chi connectivity index (χ2v) is 12.4. The van der Waals surface area contributed by atoms with E-state index < -0.39 is 22.9 Å². The fraction of sp³-hybridized carbons (Fsp3) is 0.300. The van der Waals surface area contributed by atoms with Gasteiger partial charge in [-0.05, 0) is 36.4 Å². The number of hydrogen-bond donors (Lipinski definition) is 1. The number of ether oxygens (including phenoxy) is 1. The van der Waals surface area contributed by atoms with Crippen LogP contribution in [-0.2, 0) is 27.5 Å². The number of amides is 1. The molecule has 43 heavy (non-hydrogen) atoms. The summed E-state index contributed by atoms with van der Waals surface area (Å²) in [5.74, 6) is -1.75. The highest BCUT2D eigenvalue weighted by Crippen LogP contribution is 2.52. The molecule has 224 valence electrons. The fourth-order valence-corrected chi connectivity index (χ4v) is 8.15. The fourth-order valence-electron chi connectivity index (χ4n) is 5.97. The van der Waals surface area contributed by atoms with Crippen LogP contribution in [0.4, 0.5) is 5.69 Å². The van der Waals surface area contributed by atoms with Crippen LogP contribution in [0.5, 0.6) is 0 Å². The standard InChI is InChI=1S/C30H29N4O6S2.HI/c1-17-23(22-14-32-16-31(28(41-3)29(32)42-22)13-19-7-5-4-6-8-19)26(33-25(17)24(18(2)35)27(33)36)30(37)40-15-20-9-11-21(12-10-20)34(38)39;/h4-12,14,16-18,24-25,35H,13,15H2,1-3H3;1H/q+1;/p-1/t17-,18+,24+,25+;/m0./s1. The van der Waals surface area contributed by atoms with Gasteiger partial charge in [0.15, 0.2) is 0 Å². The molecular weight excluding hydrogens is 703 g/mol. The second-order valence-electron chi connectivity index (χ2n) is 10.6. The van der Waals surface area contributed by atoms with E-state index in [1.807, 2.05) is 43.9 Å². The van der Waals surface area contributed by atoms with Gasteiger partial charge in [0.25, 0.3) is 12.0 Å². The van der Waals surface area contributed by atoms with E-state index in [0.717, 1.165) is 26.9 Å². The lowest BCUT2D eigenvalue weighted by molar-refractivity contribution is -0.721. The normalized spacial score (nSPS) is 20.0. The molecule has 10 nitrogen and oxygen atoms in total. The minimum atomic E-state index is -0.850. The molecule has 1 fully saturated rings. The number of carbonyl (C=O) groups is 2. The predicted octanol–water partition coefficient (Wildman–Crippen LogP) is 1.28. The molecule has 1 saturated heterocycles. The maximum Gasteiger partial charge on any atom is 0.355 e. The van der Waals surface area contributed by atoms with Gasteiger partial charge in [0.05, 0.1) is 27.9 Å². The average molecular weight is 733 g/mol. The van der Waals surface area contributed by atoms with Crippen molar-refractivity contribution >= 4 is 51.1 Å². The number of β-lactam (4-membered cyclic amide) rings is 1. The van der Waals surface area contributed by atoms with Gasteiger partial charge >= 0.3 is 5.97 Å². The second kappa shape index (κ2) is 12.4. The van der Waals surface area contributed by atoms with E-state index in [4.69, 9.17) is 4.74 Å². The van der Waals surface area contributed by atoms with Gasteiger partial charge in [-0.15, -0.1) is 0 Å². The predicted molar refractivity (Wildman–Crippen MR) is 158 cm³/mol. The number of carbonyl (C=O) groups excluding carboxylic acids is 2. The molecule has 4 heterocycles. The number of rotatable bonds is 9. The number of nitro benzene ring substituents is 1. The zero-order valence-electron chi connectivity index (χ0n) is 23.5. The Morgan fingerprint density at radius 2 is 1.88 bits per heavy atom. The highest BCUT2D eigenvalue weighted by Gasteiger charge is 2.60. The van der Waals surface area contributed by atoms with Crippen molar-refractivity contribution in [2.24, 2.45) is 11.8 Å². The molecule has 0 spiro atoms. The van der Waals surface area contributed by atoms with Gasteiger partial charge in [-0.3, -0.25) is 14.9 Å². The number of fused-ring (bicyclic) bond motifs is 2. The van der Waals surface area contributed by atoms with Gasteiger partial charge in [0, 0.05) is 23.6 Å². The van der Waals surface area contributed by atoms with E-state index in [0.29, 0.717) is 5.56 Å². The lowest BCUT2D eigenvalue weighted by Gasteiger charge is -2.46. The van der Waals surface area contributed by atoms with Crippen LogP contribution in [-0.4, -0.2) is 49.6 Å². The molecule has 0 unspecified atom stereocenters. The monoisotopic (exact) mass is 732 g/mol. The Labute approximate surface area is 273 Å². The van der Waals surface area contributed by atoms with Crippen molar-refractivity contribution < 1.29 is 52.9 Å². The van der Waals surface area contributed by atoms with Gasteiger partial charge in [0.2, 0.25) is 15.8 Å². The van der Waals surface area contributed by atoms with E-state index in [1.165, 1.54) is 34.7 Å². The maximum absolute atomic E-state index is 13.6. The topological polar surface area (TPSA) is 118 Å². The summed E-state index contributed by atoms with van der Waals surface area (Å²) >= 11 is 3.20. The summed E-state index contributed by atoms with van der Waals surface area (Å²) in [4.78, 5) is 40.7. The van der Waals surface area contributed by atoms with Crippen LogP contribution in [0.15, 0.2) is 77.8 Å². The number of non-ortho nitro benzene ring substituents is 1. The number of aliphatic hydroxyl groups is 1. The third-order valence-electron chi connectivity index (χ3n) is 7.94. The van der Waals surface area contributed by atoms with Gasteiger partial charge < -0.3 is 38.7 Å². The number of hydrogen-bond acceptors (Lipinski definition) is 8. The molecule has 13 heteroatoms. The van der Waals surface area contributed by atoms with Crippen LogP contribution >= 0.6 is 23.1 Å². The quantitative estimate of drug-likeness (QED) is 0.0525. The minimum Gasteiger partial charge on any atom is -1.00 e. The van der Waals surface area contributed by atoms with Crippen LogP contribution in [0.3, 0.4) is 0 Å². The lowest BCUT2D eigenvalue weighted by Crippen LogP contribution is -3.00. The number of nitro groups is 1. The molecule has 2 aromatic carbocycles. The molecule has 0 saturated carbocycles. The minimum absolute atomic E-state index is 0. The zero-order chi connectivity index (χ0) is 29.7. The molecule has 1 N–H and O–H groups in total. The van der Waals surface area contributed by atoms with Crippen molar-refractivity contribution in [1.29, 1.82) is 0 Å². The summed E-state index contributed by atoms with van der Waals surface area (Å²) in [6.45, 7) is 4.20. The largest absolute Gasteiger partial charge is 1.00 e. The van der Waals surface area contributed by atoms with E-state index in [1.54, 1.807) is 30.0 Å². The van der Waals surface area contributed by atoms with E-state index in [9.17, 15) is 24.8 Å². The molecule has 4 aromatic rings. The average Bonchev–Trinajstić information content (AvgIpc) is 3.59. The number of esters is 1. The highest BCUT2D eigenvalue weighted by molar-refractivity contribution is 7.98. The Bertz CT molecular complexity index is 1730. The number of thiazole rings is 1. The number of halogens is 1. The van der Waals surface area contributed by atoms with Crippen LogP contribution < -0.4 is 28.5 Å². The number of aliphatic hydroxyl groups excluding tert-OH is 1. The molecule has 6 rings (SSSR count). The molecule has 1 amide bonds. The van der Waals surface area contributed by atoms with Crippen LogP contribution in [0, 0.1) is 22.0 Å². The SMILES string of the molecule is CSc1c2sc(C3=C(C(=O)OCc4ccc([N+](=O)[O-])cc4)N4C(=O)[C@H]([C@@H](C)O)[C@H]4[C@H]3C)cn2c[n+]1Cc1ccccc1.[I-]. The molecule has 0 aliphatic carbocycles. The first-order valence-corrected chi connectivity index (χ1v) is 15.5. The van der Waals surface area contributed by atoms with Crippen molar-refractivity contribution in [3.63, 3.8) is 0 Å².